The van der Waals surface area contributed by atoms with Crippen molar-refractivity contribution < 1.29 is 4.52 Å². The van der Waals surface area contributed by atoms with Crippen LogP contribution < -0.4 is 0 Å². The summed E-state index contributed by atoms with van der Waals surface area (Å²) in [5.74, 6) is 0.889. The van der Waals surface area contributed by atoms with Crippen molar-refractivity contribution in [1.29, 1.82) is 0 Å². The van der Waals surface area contributed by atoms with E-state index < -0.39 is 0 Å². The molecule has 1 unspecified atom stereocenters. The van der Waals surface area contributed by atoms with E-state index in [1.165, 1.54) is 18.4 Å². The fourth-order valence-corrected chi connectivity index (χ4v) is 2.77. The van der Waals surface area contributed by atoms with E-state index in [2.05, 4.69) is 40.4 Å². The molecule has 1 fully saturated rings. The fraction of sp³-hybridized carbons (Fsp3) is 0.400. The highest BCUT2D eigenvalue weighted by Crippen LogP contribution is 2.32. The number of hydrogen-bond donors (Lipinski definition) is 0. The summed E-state index contributed by atoms with van der Waals surface area (Å²) in [6.45, 7) is 3.97. The lowest BCUT2D eigenvalue weighted by molar-refractivity contribution is 0.240. The number of benzene rings is 1. The second kappa shape index (κ2) is 4.94. The maximum Gasteiger partial charge on any atom is 0.133 e. The average Bonchev–Trinajstić information content (AvgIpc) is 3.00. The maximum atomic E-state index is 5.14. The van der Waals surface area contributed by atoms with Crippen LogP contribution in [0.1, 0.15) is 35.9 Å². The summed E-state index contributed by atoms with van der Waals surface area (Å²) in [6, 6.07) is 13.3. The first-order valence-corrected chi connectivity index (χ1v) is 6.54. The molecule has 3 rings (SSSR count). The molecule has 0 spiro atoms. The van der Waals surface area contributed by atoms with E-state index >= 15 is 0 Å². The monoisotopic (exact) mass is 242 g/mol. The summed E-state index contributed by atoms with van der Waals surface area (Å²) in [7, 11) is 0. The van der Waals surface area contributed by atoms with Crippen LogP contribution in [0.3, 0.4) is 0 Å². The number of aryl methyl sites for hydroxylation is 1. The third-order valence-corrected chi connectivity index (χ3v) is 3.59. The first-order chi connectivity index (χ1) is 8.83. The molecule has 1 saturated heterocycles. The Hall–Kier alpha value is -1.61. The van der Waals surface area contributed by atoms with Crippen LogP contribution in [0.5, 0.6) is 0 Å². The molecule has 2 heterocycles. The molecule has 1 aliphatic heterocycles. The van der Waals surface area contributed by atoms with Gasteiger partial charge in [-0.05, 0) is 31.9 Å². The molecule has 0 amide bonds. The first-order valence-electron chi connectivity index (χ1n) is 6.54. The molecule has 0 N–H and O–H groups in total. The van der Waals surface area contributed by atoms with Crippen molar-refractivity contribution in [2.24, 2.45) is 0 Å². The molecule has 0 radical (unpaired) electrons. The number of nitrogens with zero attached hydrogens (tertiary/aromatic N) is 2. The van der Waals surface area contributed by atoms with Crippen LogP contribution in [-0.4, -0.2) is 16.6 Å². The Bertz CT molecular complexity index is 506. The van der Waals surface area contributed by atoms with Crippen LogP contribution in [-0.2, 0) is 6.54 Å². The first kappa shape index (κ1) is 11.5. The van der Waals surface area contributed by atoms with Gasteiger partial charge in [-0.2, -0.15) is 0 Å². The van der Waals surface area contributed by atoms with Crippen molar-refractivity contribution in [2.75, 3.05) is 6.54 Å². The van der Waals surface area contributed by atoms with Crippen LogP contribution in [0.2, 0.25) is 0 Å². The Labute approximate surface area is 107 Å². The SMILES string of the molecule is Cc1cc(CN2CCCC2c2ccccc2)no1. The predicted molar refractivity (Wildman–Crippen MR) is 70.1 cm³/mol. The Morgan fingerprint density at radius 3 is 2.89 bits per heavy atom. The summed E-state index contributed by atoms with van der Waals surface area (Å²) in [4.78, 5) is 2.49. The molecule has 2 aromatic rings. The molecule has 0 aliphatic carbocycles. The van der Waals surface area contributed by atoms with Crippen molar-refractivity contribution in [2.45, 2.75) is 32.4 Å². The smallest absolute Gasteiger partial charge is 0.133 e. The van der Waals surface area contributed by atoms with E-state index in [4.69, 9.17) is 4.52 Å². The quantitative estimate of drug-likeness (QED) is 0.826. The molecule has 1 aromatic carbocycles. The fourth-order valence-electron chi connectivity index (χ4n) is 2.77. The predicted octanol–water partition coefficient (Wildman–Crippen LogP) is 3.32. The van der Waals surface area contributed by atoms with Crippen LogP contribution in [0.25, 0.3) is 0 Å². The van der Waals surface area contributed by atoms with Gasteiger partial charge in [-0.15, -0.1) is 0 Å². The van der Waals surface area contributed by atoms with Crippen molar-refractivity contribution in [3.05, 3.63) is 53.4 Å². The molecule has 94 valence electrons. The molecule has 1 aromatic heterocycles. The molecule has 0 bridgehead atoms. The highest BCUT2D eigenvalue weighted by molar-refractivity contribution is 5.20. The molecule has 18 heavy (non-hydrogen) atoms. The standard InChI is InChI=1S/C15H18N2O/c1-12-10-14(16-18-12)11-17-9-5-8-15(17)13-6-3-2-4-7-13/h2-4,6-7,10,15H,5,8-9,11H2,1H3. The minimum atomic E-state index is 0.531. The topological polar surface area (TPSA) is 29.3 Å². The highest BCUT2D eigenvalue weighted by Gasteiger charge is 2.26. The summed E-state index contributed by atoms with van der Waals surface area (Å²) in [5.41, 5.74) is 2.45. The van der Waals surface area contributed by atoms with E-state index in [9.17, 15) is 0 Å². The van der Waals surface area contributed by atoms with Gasteiger partial charge >= 0.3 is 0 Å². The minimum absolute atomic E-state index is 0.531. The zero-order chi connectivity index (χ0) is 12.4. The largest absolute Gasteiger partial charge is 0.361 e. The van der Waals surface area contributed by atoms with Crippen LogP contribution in [0.15, 0.2) is 40.9 Å². The third-order valence-electron chi connectivity index (χ3n) is 3.59. The Morgan fingerprint density at radius 2 is 2.17 bits per heavy atom. The second-order valence-electron chi connectivity index (χ2n) is 4.97. The molecule has 1 aliphatic rings. The number of aromatic nitrogens is 1. The van der Waals surface area contributed by atoms with Crippen LogP contribution >= 0.6 is 0 Å². The number of hydrogen-bond acceptors (Lipinski definition) is 3. The van der Waals surface area contributed by atoms with Crippen LogP contribution in [0, 0.1) is 6.92 Å². The van der Waals surface area contributed by atoms with Crippen molar-refractivity contribution in [3.8, 4) is 0 Å². The van der Waals surface area contributed by atoms with E-state index in [0.717, 1.165) is 24.5 Å². The maximum absolute atomic E-state index is 5.14. The van der Waals surface area contributed by atoms with Crippen molar-refractivity contribution in [1.82, 2.24) is 10.1 Å². The van der Waals surface area contributed by atoms with Gasteiger partial charge in [-0.1, -0.05) is 35.5 Å². The van der Waals surface area contributed by atoms with Gasteiger partial charge in [0.15, 0.2) is 0 Å². The number of rotatable bonds is 3. The zero-order valence-corrected chi connectivity index (χ0v) is 10.7. The third kappa shape index (κ3) is 2.31. The molecule has 3 nitrogen and oxygen atoms in total. The van der Waals surface area contributed by atoms with Crippen LogP contribution in [0.4, 0.5) is 0 Å². The minimum Gasteiger partial charge on any atom is -0.361 e. The van der Waals surface area contributed by atoms with E-state index in [-0.39, 0.29) is 0 Å². The molecular formula is C15H18N2O. The van der Waals surface area contributed by atoms with E-state index in [0.29, 0.717) is 6.04 Å². The lowest BCUT2D eigenvalue weighted by atomic mass is 10.0. The lowest BCUT2D eigenvalue weighted by Gasteiger charge is -2.23. The Balaban J connectivity index is 1.75. The van der Waals surface area contributed by atoms with Gasteiger partial charge in [0.2, 0.25) is 0 Å². The van der Waals surface area contributed by atoms with Gasteiger partial charge in [-0.25, -0.2) is 0 Å². The highest BCUT2D eigenvalue weighted by atomic mass is 16.5. The molecule has 1 atom stereocenters. The van der Waals surface area contributed by atoms with Crippen molar-refractivity contribution in [3.63, 3.8) is 0 Å². The normalized spacial score (nSPS) is 20.4. The summed E-state index contributed by atoms with van der Waals surface area (Å²) < 4.78 is 5.14. The van der Waals surface area contributed by atoms with Crippen molar-refractivity contribution >= 4 is 0 Å². The van der Waals surface area contributed by atoms with Gasteiger partial charge in [0.1, 0.15) is 5.76 Å². The summed E-state index contributed by atoms with van der Waals surface area (Å²) in [6.07, 6.45) is 2.50. The summed E-state index contributed by atoms with van der Waals surface area (Å²) >= 11 is 0. The van der Waals surface area contributed by atoms with Gasteiger partial charge in [-0.3, -0.25) is 4.90 Å². The zero-order valence-electron chi connectivity index (χ0n) is 10.7. The molecular weight excluding hydrogens is 224 g/mol. The van der Waals surface area contributed by atoms with Gasteiger partial charge in [0, 0.05) is 18.7 Å². The Kier molecular flexibility index (Phi) is 3.15. The van der Waals surface area contributed by atoms with Gasteiger partial charge < -0.3 is 4.52 Å². The number of likely N-dealkylation sites (tertiary alicyclic amines) is 1. The Morgan fingerprint density at radius 1 is 1.33 bits per heavy atom. The van der Waals surface area contributed by atoms with Gasteiger partial charge in [0.25, 0.3) is 0 Å². The lowest BCUT2D eigenvalue weighted by Crippen LogP contribution is -2.22. The van der Waals surface area contributed by atoms with Gasteiger partial charge in [0.05, 0.1) is 5.69 Å². The molecule has 0 saturated carbocycles. The second-order valence-corrected chi connectivity index (χ2v) is 4.97. The van der Waals surface area contributed by atoms with E-state index in [1.54, 1.807) is 0 Å². The average molecular weight is 242 g/mol. The van der Waals surface area contributed by atoms with E-state index in [1.807, 2.05) is 13.0 Å². The molecule has 3 heteroatoms. The summed E-state index contributed by atoms with van der Waals surface area (Å²) in [5, 5.41) is 4.09.